The minimum absolute atomic E-state index is 0.0873. The van der Waals surface area contributed by atoms with E-state index in [2.05, 4.69) is 10.2 Å². The van der Waals surface area contributed by atoms with Gasteiger partial charge in [0.25, 0.3) is 5.56 Å². The molecule has 0 aliphatic heterocycles. The van der Waals surface area contributed by atoms with E-state index in [1.54, 1.807) is 13.0 Å². The van der Waals surface area contributed by atoms with E-state index >= 15 is 0 Å². The number of hydrogen-bond acceptors (Lipinski definition) is 4. The van der Waals surface area contributed by atoms with Crippen LogP contribution in [0.5, 0.6) is 11.6 Å². The highest BCUT2D eigenvalue weighted by Crippen LogP contribution is 2.29. The molecule has 0 aliphatic rings. The molecule has 2 aromatic rings. The van der Waals surface area contributed by atoms with Crippen molar-refractivity contribution in [3.05, 3.63) is 50.8 Å². The van der Waals surface area contributed by atoms with Crippen molar-refractivity contribution in [1.82, 2.24) is 10.2 Å². The second-order valence-electron chi connectivity index (χ2n) is 6.18. The maximum absolute atomic E-state index is 11.7. The molecule has 0 fully saturated rings. The standard InChI is InChI=1S/C18H22N2O3/c1-10(2)15-9-16(19-20-18(15)22)23-17-11(3)6-14(7-12(17)4)8-13(5)21/h6-7,9-10H,8H2,1-5H3,(H,20,22). The summed E-state index contributed by atoms with van der Waals surface area (Å²) in [6.45, 7) is 9.33. The molecule has 0 saturated heterocycles. The van der Waals surface area contributed by atoms with Gasteiger partial charge >= 0.3 is 0 Å². The third-order valence-electron chi connectivity index (χ3n) is 3.61. The maximum Gasteiger partial charge on any atom is 0.267 e. The number of aryl methyl sites for hydroxylation is 2. The highest BCUT2D eigenvalue weighted by atomic mass is 16.5. The van der Waals surface area contributed by atoms with Gasteiger partial charge in [0, 0.05) is 18.1 Å². The van der Waals surface area contributed by atoms with E-state index in [0.717, 1.165) is 16.7 Å². The molecule has 0 saturated carbocycles. The first kappa shape index (κ1) is 16.9. The third-order valence-corrected chi connectivity index (χ3v) is 3.61. The Hall–Kier alpha value is -2.43. The molecule has 0 atom stereocenters. The Labute approximate surface area is 135 Å². The lowest BCUT2D eigenvalue weighted by atomic mass is 10.0. The third kappa shape index (κ3) is 4.06. The van der Waals surface area contributed by atoms with Crippen LogP contribution in [-0.4, -0.2) is 16.0 Å². The van der Waals surface area contributed by atoms with Crippen LogP contribution in [0.15, 0.2) is 23.0 Å². The molecule has 0 bridgehead atoms. The Balaban J connectivity index is 2.35. The number of ketones is 1. The monoisotopic (exact) mass is 314 g/mol. The van der Waals surface area contributed by atoms with Gasteiger partial charge in [-0.1, -0.05) is 26.0 Å². The van der Waals surface area contributed by atoms with Crippen molar-refractivity contribution in [3.8, 4) is 11.6 Å². The van der Waals surface area contributed by atoms with E-state index < -0.39 is 0 Å². The summed E-state index contributed by atoms with van der Waals surface area (Å²) in [7, 11) is 0. The summed E-state index contributed by atoms with van der Waals surface area (Å²) in [5.41, 5.74) is 3.27. The number of aromatic nitrogens is 2. The van der Waals surface area contributed by atoms with Crippen LogP contribution in [0.2, 0.25) is 0 Å². The SMILES string of the molecule is CC(=O)Cc1cc(C)c(Oc2cc(C(C)C)c(=O)[nH]n2)c(C)c1. The van der Waals surface area contributed by atoms with Crippen molar-refractivity contribution in [3.63, 3.8) is 0 Å². The normalized spacial score (nSPS) is 10.9. The van der Waals surface area contributed by atoms with Crippen molar-refractivity contribution >= 4 is 5.78 Å². The van der Waals surface area contributed by atoms with Gasteiger partial charge in [0.05, 0.1) is 0 Å². The largest absolute Gasteiger partial charge is 0.437 e. The van der Waals surface area contributed by atoms with Crippen LogP contribution >= 0.6 is 0 Å². The van der Waals surface area contributed by atoms with Gasteiger partial charge in [0.15, 0.2) is 0 Å². The molecule has 0 radical (unpaired) electrons. The lowest BCUT2D eigenvalue weighted by Gasteiger charge is -2.13. The van der Waals surface area contributed by atoms with Crippen LogP contribution < -0.4 is 10.3 Å². The minimum atomic E-state index is -0.197. The molecule has 122 valence electrons. The number of Topliss-reactive ketones (excluding diaryl/α,β-unsaturated/α-hetero) is 1. The van der Waals surface area contributed by atoms with E-state index in [1.165, 1.54) is 0 Å². The molecule has 0 amide bonds. The van der Waals surface area contributed by atoms with Crippen LogP contribution in [-0.2, 0) is 11.2 Å². The number of hydrogen-bond donors (Lipinski definition) is 1. The lowest BCUT2D eigenvalue weighted by Crippen LogP contribution is -2.15. The molecule has 23 heavy (non-hydrogen) atoms. The Kier molecular flexibility index (Phi) is 4.98. The average Bonchev–Trinajstić information content (AvgIpc) is 2.43. The van der Waals surface area contributed by atoms with Gasteiger partial charge in [-0.05, 0) is 43.4 Å². The summed E-state index contributed by atoms with van der Waals surface area (Å²) in [6, 6.07) is 5.56. The molecule has 0 unspecified atom stereocenters. The van der Waals surface area contributed by atoms with Crippen molar-refractivity contribution in [1.29, 1.82) is 0 Å². The molecule has 0 spiro atoms. The number of H-pyrrole nitrogens is 1. The van der Waals surface area contributed by atoms with Crippen molar-refractivity contribution < 1.29 is 9.53 Å². The predicted octanol–water partition coefficient (Wildman–Crippen LogP) is 3.43. The zero-order valence-electron chi connectivity index (χ0n) is 14.2. The summed E-state index contributed by atoms with van der Waals surface area (Å²) in [5.74, 6) is 1.27. The maximum atomic E-state index is 11.7. The summed E-state index contributed by atoms with van der Waals surface area (Å²) in [6.07, 6.45) is 0.413. The van der Waals surface area contributed by atoms with Crippen LogP contribution in [0, 0.1) is 13.8 Å². The Morgan fingerprint density at radius 2 is 1.83 bits per heavy atom. The first-order chi connectivity index (χ1) is 10.8. The van der Waals surface area contributed by atoms with Gasteiger partial charge in [0.1, 0.15) is 11.5 Å². The predicted molar refractivity (Wildman–Crippen MR) is 89.3 cm³/mol. The molecule has 2 rings (SSSR count). The molecular weight excluding hydrogens is 292 g/mol. The molecule has 1 aromatic carbocycles. The quantitative estimate of drug-likeness (QED) is 0.917. The van der Waals surface area contributed by atoms with Gasteiger partial charge < -0.3 is 4.74 Å². The zero-order chi connectivity index (χ0) is 17.1. The second-order valence-corrected chi connectivity index (χ2v) is 6.18. The van der Waals surface area contributed by atoms with Crippen LogP contribution in [0.1, 0.15) is 48.9 Å². The van der Waals surface area contributed by atoms with Crippen molar-refractivity contribution in [2.75, 3.05) is 0 Å². The molecule has 1 aromatic heterocycles. The number of nitrogens with one attached hydrogen (secondary N) is 1. The molecule has 0 aliphatic carbocycles. The molecule has 5 heteroatoms. The number of nitrogens with zero attached hydrogens (tertiary/aromatic N) is 1. The van der Waals surface area contributed by atoms with Gasteiger partial charge in [-0.3, -0.25) is 9.59 Å². The van der Waals surface area contributed by atoms with Gasteiger partial charge in [-0.2, -0.15) is 0 Å². The molecule has 1 heterocycles. The second kappa shape index (κ2) is 6.77. The van der Waals surface area contributed by atoms with E-state index in [4.69, 9.17) is 4.74 Å². The lowest BCUT2D eigenvalue weighted by molar-refractivity contribution is -0.116. The van der Waals surface area contributed by atoms with Gasteiger partial charge in [0.2, 0.25) is 5.88 Å². The first-order valence-electron chi connectivity index (χ1n) is 7.65. The van der Waals surface area contributed by atoms with Crippen molar-refractivity contribution in [2.24, 2.45) is 0 Å². The van der Waals surface area contributed by atoms with Gasteiger partial charge in [-0.25, -0.2) is 5.10 Å². The van der Waals surface area contributed by atoms with Crippen molar-refractivity contribution in [2.45, 2.75) is 47.0 Å². The Morgan fingerprint density at radius 1 is 1.22 bits per heavy atom. The highest BCUT2D eigenvalue weighted by molar-refractivity contribution is 5.78. The van der Waals surface area contributed by atoms with Gasteiger partial charge in [-0.15, -0.1) is 5.10 Å². The number of benzene rings is 1. The van der Waals surface area contributed by atoms with Crippen LogP contribution in [0.4, 0.5) is 0 Å². The van der Waals surface area contributed by atoms with E-state index in [1.807, 2.05) is 39.8 Å². The fourth-order valence-corrected chi connectivity index (χ4v) is 2.58. The molecular formula is C18H22N2O3. The number of carbonyl (C=O) groups is 1. The van der Waals surface area contributed by atoms with Crippen LogP contribution in [0.25, 0.3) is 0 Å². The smallest absolute Gasteiger partial charge is 0.267 e. The van der Waals surface area contributed by atoms with E-state index in [-0.39, 0.29) is 17.3 Å². The van der Waals surface area contributed by atoms with E-state index in [0.29, 0.717) is 23.6 Å². The summed E-state index contributed by atoms with van der Waals surface area (Å²) < 4.78 is 5.88. The topological polar surface area (TPSA) is 72.1 Å². The molecule has 1 N–H and O–H groups in total. The fraction of sp³-hybridized carbons (Fsp3) is 0.389. The minimum Gasteiger partial charge on any atom is -0.437 e. The average molecular weight is 314 g/mol. The Morgan fingerprint density at radius 3 is 2.35 bits per heavy atom. The number of ether oxygens (including phenoxy) is 1. The summed E-state index contributed by atoms with van der Waals surface area (Å²) in [5, 5.41) is 6.43. The van der Waals surface area contributed by atoms with Crippen LogP contribution in [0.3, 0.4) is 0 Å². The highest BCUT2D eigenvalue weighted by Gasteiger charge is 2.12. The first-order valence-corrected chi connectivity index (χ1v) is 7.65. The number of carbonyl (C=O) groups excluding carboxylic acids is 1. The zero-order valence-corrected chi connectivity index (χ0v) is 14.2. The molecule has 5 nitrogen and oxygen atoms in total. The summed E-state index contributed by atoms with van der Waals surface area (Å²) >= 11 is 0. The summed E-state index contributed by atoms with van der Waals surface area (Å²) in [4.78, 5) is 23.0. The Bertz CT molecular complexity index is 768. The van der Waals surface area contributed by atoms with E-state index in [9.17, 15) is 9.59 Å². The number of aromatic amines is 1. The fourth-order valence-electron chi connectivity index (χ4n) is 2.58. The number of rotatable bonds is 5.